The average molecular weight is 177 g/mol. The van der Waals surface area contributed by atoms with Crippen molar-refractivity contribution in [1.82, 2.24) is 4.98 Å². The molecule has 0 amide bonds. The first-order valence-electron chi connectivity index (χ1n) is 3.99. The van der Waals surface area contributed by atoms with Gasteiger partial charge in [0.2, 0.25) is 0 Å². The van der Waals surface area contributed by atoms with Crippen molar-refractivity contribution in [2.24, 2.45) is 0 Å². The predicted molar refractivity (Wildman–Crippen MR) is 50.3 cm³/mol. The van der Waals surface area contributed by atoms with E-state index in [0.717, 1.165) is 11.3 Å². The quantitative estimate of drug-likeness (QED) is 0.766. The van der Waals surface area contributed by atoms with Gasteiger partial charge in [-0.05, 0) is 30.7 Å². The van der Waals surface area contributed by atoms with Gasteiger partial charge in [-0.3, -0.25) is 9.78 Å². The van der Waals surface area contributed by atoms with Crippen molar-refractivity contribution in [3.63, 3.8) is 0 Å². The van der Waals surface area contributed by atoms with E-state index in [9.17, 15) is 4.79 Å². The molecule has 0 aliphatic carbocycles. The highest BCUT2D eigenvalue weighted by molar-refractivity contribution is 5.70. The molecular weight excluding hydrogens is 166 g/mol. The lowest BCUT2D eigenvalue weighted by Gasteiger charge is -1.93. The highest BCUT2D eigenvalue weighted by atomic mass is 16.4. The summed E-state index contributed by atoms with van der Waals surface area (Å²) in [4.78, 5) is 14.2. The maximum atomic E-state index is 10.2. The lowest BCUT2D eigenvalue weighted by Crippen LogP contribution is -1.90. The molecule has 0 unspecified atom stereocenters. The van der Waals surface area contributed by atoms with Crippen LogP contribution in [0.4, 0.5) is 0 Å². The molecule has 3 heteroatoms. The first kappa shape index (κ1) is 9.45. The second kappa shape index (κ2) is 4.40. The Labute approximate surface area is 76.7 Å². The number of carboxylic acid groups (broad SMARTS) is 1. The summed E-state index contributed by atoms with van der Waals surface area (Å²) in [6.45, 7) is 1.97. The van der Waals surface area contributed by atoms with Crippen molar-refractivity contribution in [3.05, 3.63) is 35.7 Å². The fourth-order valence-corrected chi connectivity index (χ4v) is 0.931. The van der Waals surface area contributed by atoms with Crippen molar-refractivity contribution >= 4 is 12.0 Å². The van der Waals surface area contributed by atoms with Crippen LogP contribution in [0.2, 0.25) is 0 Å². The summed E-state index contributed by atoms with van der Waals surface area (Å²) in [7, 11) is 0. The van der Waals surface area contributed by atoms with Gasteiger partial charge in [0.15, 0.2) is 0 Å². The first-order chi connectivity index (χ1) is 6.18. The third kappa shape index (κ3) is 3.51. The number of aryl methyl sites for hydroxylation is 1. The Hall–Kier alpha value is -1.64. The zero-order chi connectivity index (χ0) is 9.68. The Balaban J connectivity index is 2.63. The summed E-state index contributed by atoms with van der Waals surface area (Å²) in [5.74, 6) is -0.830. The zero-order valence-electron chi connectivity index (χ0n) is 7.40. The highest BCUT2D eigenvalue weighted by Gasteiger charge is 1.91. The molecule has 68 valence electrons. The number of pyridine rings is 1. The van der Waals surface area contributed by atoms with Crippen LogP contribution in [0.25, 0.3) is 6.08 Å². The molecule has 0 spiro atoms. The van der Waals surface area contributed by atoms with Gasteiger partial charge in [-0.2, -0.15) is 0 Å². The van der Waals surface area contributed by atoms with E-state index in [4.69, 9.17) is 5.11 Å². The lowest BCUT2D eigenvalue weighted by atomic mass is 10.2. The first-order valence-corrected chi connectivity index (χ1v) is 3.99. The highest BCUT2D eigenvalue weighted by Crippen LogP contribution is 2.02. The molecule has 1 heterocycles. The van der Waals surface area contributed by atoms with Crippen LogP contribution in [0.1, 0.15) is 17.7 Å². The molecule has 0 bridgehead atoms. The molecule has 0 fully saturated rings. The molecule has 13 heavy (non-hydrogen) atoms. The van der Waals surface area contributed by atoms with E-state index in [1.807, 2.05) is 19.1 Å². The molecule has 0 aromatic carbocycles. The Morgan fingerprint density at radius 2 is 2.46 bits per heavy atom. The van der Waals surface area contributed by atoms with Gasteiger partial charge in [0.25, 0.3) is 0 Å². The number of carboxylic acids is 1. The number of hydrogen-bond acceptors (Lipinski definition) is 2. The van der Waals surface area contributed by atoms with E-state index in [1.54, 1.807) is 18.3 Å². The van der Waals surface area contributed by atoms with Gasteiger partial charge in [-0.1, -0.05) is 6.08 Å². The topological polar surface area (TPSA) is 50.2 Å². The molecule has 1 aromatic heterocycles. The summed E-state index contributed by atoms with van der Waals surface area (Å²) in [6.07, 6.45) is 5.04. The zero-order valence-corrected chi connectivity index (χ0v) is 7.40. The minimum Gasteiger partial charge on any atom is -0.481 e. The second-order valence-corrected chi connectivity index (χ2v) is 2.76. The molecular formula is C10H11NO2. The number of aliphatic carboxylic acids is 1. The summed E-state index contributed by atoms with van der Waals surface area (Å²) in [5.41, 5.74) is 1.91. The SMILES string of the molecule is Cc1ccnc(C=CCC(=O)O)c1. The summed E-state index contributed by atoms with van der Waals surface area (Å²) in [5, 5.41) is 8.37. The Morgan fingerprint density at radius 3 is 3.08 bits per heavy atom. The van der Waals surface area contributed by atoms with Crippen LogP contribution < -0.4 is 0 Å². The molecule has 0 aliphatic heterocycles. The third-order valence-corrected chi connectivity index (χ3v) is 1.52. The Bertz CT molecular complexity index is 331. The number of hydrogen-bond donors (Lipinski definition) is 1. The fourth-order valence-electron chi connectivity index (χ4n) is 0.931. The maximum Gasteiger partial charge on any atom is 0.307 e. The summed E-state index contributed by atoms with van der Waals surface area (Å²) in [6, 6.07) is 3.80. The Kier molecular flexibility index (Phi) is 3.20. The minimum atomic E-state index is -0.830. The standard InChI is InChI=1S/C10H11NO2/c1-8-5-6-11-9(7-8)3-2-4-10(12)13/h2-3,5-7H,4H2,1H3,(H,12,13). The molecule has 0 aliphatic rings. The van der Waals surface area contributed by atoms with Crippen LogP contribution in [-0.4, -0.2) is 16.1 Å². The van der Waals surface area contributed by atoms with Crippen molar-refractivity contribution < 1.29 is 9.90 Å². The monoisotopic (exact) mass is 177 g/mol. The van der Waals surface area contributed by atoms with E-state index < -0.39 is 5.97 Å². The van der Waals surface area contributed by atoms with Gasteiger partial charge in [0, 0.05) is 6.20 Å². The van der Waals surface area contributed by atoms with Crippen molar-refractivity contribution in [2.45, 2.75) is 13.3 Å². The van der Waals surface area contributed by atoms with Crippen LogP contribution in [0, 0.1) is 6.92 Å². The van der Waals surface area contributed by atoms with Gasteiger partial charge >= 0.3 is 5.97 Å². The van der Waals surface area contributed by atoms with Crippen molar-refractivity contribution in [2.75, 3.05) is 0 Å². The van der Waals surface area contributed by atoms with Crippen molar-refractivity contribution in [1.29, 1.82) is 0 Å². The Morgan fingerprint density at radius 1 is 1.69 bits per heavy atom. The van der Waals surface area contributed by atoms with E-state index >= 15 is 0 Å². The van der Waals surface area contributed by atoms with Crippen LogP contribution in [0.3, 0.4) is 0 Å². The van der Waals surface area contributed by atoms with Crippen LogP contribution >= 0.6 is 0 Å². The van der Waals surface area contributed by atoms with Gasteiger partial charge in [0.1, 0.15) is 0 Å². The van der Waals surface area contributed by atoms with E-state index in [0.29, 0.717) is 0 Å². The summed E-state index contributed by atoms with van der Waals surface area (Å²) < 4.78 is 0. The van der Waals surface area contributed by atoms with Gasteiger partial charge in [-0.25, -0.2) is 0 Å². The number of aromatic nitrogens is 1. The smallest absolute Gasteiger partial charge is 0.307 e. The molecule has 1 aromatic rings. The summed E-state index contributed by atoms with van der Waals surface area (Å²) >= 11 is 0. The predicted octanol–water partition coefficient (Wildman–Crippen LogP) is 1.88. The molecule has 0 saturated heterocycles. The average Bonchev–Trinajstić information content (AvgIpc) is 2.03. The van der Waals surface area contributed by atoms with Crippen LogP contribution in [-0.2, 0) is 4.79 Å². The molecule has 3 nitrogen and oxygen atoms in total. The van der Waals surface area contributed by atoms with E-state index in [-0.39, 0.29) is 6.42 Å². The number of nitrogens with zero attached hydrogens (tertiary/aromatic N) is 1. The van der Waals surface area contributed by atoms with Crippen molar-refractivity contribution in [3.8, 4) is 0 Å². The largest absolute Gasteiger partial charge is 0.481 e. The van der Waals surface area contributed by atoms with Gasteiger partial charge < -0.3 is 5.11 Å². The molecule has 0 radical (unpaired) electrons. The van der Waals surface area contributed by atoms with E-state index in [2.05, 4.69) is 4.98 Å². The van der Waals surface area contributed by atoms with Gasteiger partial charge in [0.05, 0.1) is 12.1 Å². The minimum absolute atomic E-state index is 0.0373. The maximum absolute atomic E-state index is 10.2. The molecule has 1 N–H and O–H groups in total. The van der Waals surface area contributed by atoms with E-state index in [1.165, 1.54) is 0 Å². The number of rotatable bonds is 3. The lowest BCUT2D eigenvalue weighted by molar-refractivity contribution is -0.135. The third-order valence-electron chi connectivity index (χ3n) is 1.52. The van der Waals surface area contributed by atoms with Crippen LogP contribution in [0.15, 0.2) is 24.4 Å². The molecule has 0 saturated carbocycles. The molecule has 1 rings (SSSR count). The van der Waals surface area contributed by atoms with Crippen LogP contribution in [0.5, 0.6) is 0 Å². The normalized spacial score (nSPS) is 10.5. The molecule has 0 atom stereocenters. The fraction of sp³-hybridized carbons (Fsp3) is 0.200. The number of carbonyl (C=O) groups is 1. The second-order valence-electron chi connectivity index (χ2n) is 2.76. The van der Waals surface area contributed by atoms with Gasteiger partial charge in [-0.15, -0.1) is 0 Å².